The number of hydrogen-bond acceptors (Lipinski definition) is 7. The van der Waals surface area contributed by atoms with E-state index >= 15 is 0 Å². The van der Waals surface area contributed by atoms with Gasteiger partial charge in [0.15, 0.2) is 0 Å². The average Bonchev–Trinajstić information content (AvgIpc) is 3.42. The smallest absolute Gasteiger partial charge is 0.312 e. The SMILES string of the molecule is CC[C@@H]1CN(Cc2cc(C(CCc3cn(CC)nn3)C(C)(C)C(=O)OCc3ccccc3)ccc2C)Cc2ncccc2O1. The quantitative estimate of drug-likeness (QED) is 0.169. The molecular formula is C36H45N5O3. The molecule has 1 aliphatic heterocycles. The average molecular weight is 596 g/mol. The number of carbonyl (C=O) groups excluding carboxylic acids is 1. The van der Waals surface area contributed by atoms with Crippen LogP contribution in [0.1, 0.15) is 80.1 Å². The number of benzene rings is 2. The Morgan fingerprint density at radius 2 is 1.93 bits per heavy atom. The van der Waals surface area contributed by atoms with Crippen LogP contribution in [0.3, 0.4) is 0 Å². The van der Waals surface area contributed by atoms with E-state index in [4.69, 9.17) is 9.47 Å². The Labute approximate surface area is 261 Å². The summed E-state index contributed by atoms with van der Waals surface area (Å²) in [5, 5.41) is 8.61. The number of nitrogens with zero attached hydrogens (tertiary/aromatic N) is 5. The first-order valence-electron chi connectivity index (χ1n) is 15.8. The van der Waals surface area contributed by atoms with Crippen molar-refractivity contribution in [1.82, 2.24) is 24.9 Å². The second kappa shape index (κ2) is 14.2. The fourth-order valence-corrected chi connectivity index (χ4v) is 5.98. The Kier molecular flexibility index (Phi) is 10.1. The lowest BCUT2D eigenvalue weighted by Gasteiger charge is -2.33. The predicted octanol–water partition coefficient (Wildman–Crippen LogP) is 6.66. The van der Waals surface area contributed by atoms with Crippen molar-refractivity contribution in [3.63, 3.8) is 0 Å². The lowest BCUT2D eigenvalue weighted by Crippen LogP contribution is -2.34. The number of carbonyl (C=O) groups is 1. The fourth-order valence-electron chi connectivity index (χ4n) is 5.98. The summed E-state index contributed by atoms with van der Waals surface area (Å²) in [6.07, 6.45) is 6.31. The normalized spacial score (nSPS) is 16.1. The summed E-state index contributed by atoms with van der Waals surface area (Å²) in [4.78, 5) is 20.8. The van der Waals surface area contributed by atoms with Crippen molar-refractivity contribution in [2.75, 3.05) is 6.54 Å². The highest BCUT2D eigenvalue weighted by molar-refractivity contribution is 5.77. The molecule has 3 heterocycles. The molecule has 2 atom stereocenters. The van der Waals surface area contributed by atoms with E-state index in [1.807, 2.05) is 73.4 Å². The lowest BCUT2D eigenvalue weighted by atomic mass is 9.72. The summed E-state index contributed by atoms with van der Waals surface area (Å²) in [6.45, 7) is 13.7. The van der Waals surface area contributed by atoms with E-state index in [0.29, 0.717) is 6.42 Å². The van der Waals surface area contributed by atoms with Crippen LogP contribution in [-0.4, -0.2) is 43.5 Å². The Hall–Kier alpha value is -4.04. The molecule has 44 heavy (non-hydrogen) atoms. The van der Waals surface area contributed by atoms with Crippen LogP contribution in [0.25, 0.3) is 0 Å². The lowest BCUT2D eigenvalue weighted by molar-refractivity contribution is -0.156. The molecule has 0 aliphatic carbocycles. The largest absolute Gasteiger partial charge is 0.487 e. The van der Waals surface area contributed by atoms with Gasteiger partial charge in [0.2, 0.25) is 0 Å². The van der Waals surface area contributed by atoms with Crippen molar-refractivity contribution < 1.29 is 14.3 Å². The van der Waals surface area contributed by atoms with Crippen LogP contribution in [0.2, 0.25) is 0 Å². The maximum Gasteiger partial charge on any atom is 0.312 e. The molecule has 0 radical (unpaired) electrons. The number of esters is 1. The molecule has 0 bridgehead atoms. The van der Waals surface area contributed by atoms with Gasteiger partial charge < -0.3 is 9.47 Å². The summed E-state index contributed by atoms with van der Waals surface area (Å²) in [5.74, 6) is 0.585. The van der Waals surface area contributed by atoms with Gasteiger partial charge in [-0.3, -0.25) is 19.4 Å². The Bertz CT molecular complexity index is 1530. The molecule has 0 fully saturated rings. The van der Waals surface area contributed by atoms with E-state index in [1.165, 1.54) is 11.1 Å². The predicted molar refractivity (Wildman–Crippen MR) is 171 cm³/mol. The number of ether oxygens (including phenoxy) is 2. The van der Waals surface area contributed by atoms with E-state index in [-0.39, 0.29) is 24.6 Å². The zero-order valence-corrected chi connectivity index (χ0v) is 26.7. The van der Waals surface area contributed by atoms with Crippen LogP contribution in [-0.2, 0) is 42.2 Å². The Balaban J connectivity index is 1.41. The number of fused-ring (bicyclic) bond motifs is 1. The van der Waals surface area contributed by atoms with E-state index in [0.717, 1.165) is 67.3 Å². The molecule has 2 aromatic carbocycles. The molecule has 2 aromatic heterocycles. The van der Waals surface area contributed by atoms with Crippen LogP contribution >= 0.6 is 0 Å². The second-order valence-electron chi connectivity index (χ2n) is 12.4. The number of aromatic nitrogens is 4. The highest BCUT2D eigenvalue weighted by Gasteiger charge is 2.39. The van der Waals surface area contributed by atoms with Gasteiger partial charge in [0.25, 0.3) is 0 Å². The first-order chi connectivity index (χ1) is 21.3. The molecule has 8 nitrogen and oxygen atoms in total. The molecule has 1 aliphatic rings. The summed E-state index contributed by atoms with van der Waals surface area (Å²) < 4.78 is 14.1. The molecule has 8 heteroatoms. The fraction of sp³-hybridized carbons (Fsp3) is 0.444. The number of hydrogen-bond donors (Lipinski definition) is 0. The van der Waals surface area contributed by atoms with Crippen LogP contribution in [0.4, 0.5) is 0 Å². The molecule has 5 rings (SSSR count). The molecule has 0 saturated heterocycles. The van der Waals surface area contributed by atoms with Gasteiger partial charge in [-0.2, -0.15) is 0 Å². The molecule has 0 amide bonds. The van der Waals surface area contributed by atoms with Crippen molar-refractivity contribution in [2.24, 2.45) is 5.41 Å². The van der Waals surface area contributed by atoms with E-state index in [9.17, 15) is 4.79 Å². The number of rotatable bonds is 12. The van der Waals surface area contributed by atoms with Crippen molar-refractivity contribution >= 4 is 5.97 Å². The van der Waals surface area contributed by atoms with Crippen LogP contribution in [0.5, 0.6) is 5.75 Å². The Morgan fingerprint density at radius 3 is 2.68 bits per heavy atom. The zero-order valence-electron chi connectivity index (χ0n) is 26.7. The van der Waals surface area contributed by atoms with Gasteiger partial charge in [-0.05, 0) is 87.3 Å². The topological polar surface area (TPSA) is 82.4 Å². The summed E-state index contributed by atoms with van der Waals surface area (Å²) in [6, 6.07) is 20.5. The molecule has 1 unspecified atom stereocenters. The zero-order chi connectivity index (χ0) is 31.1. The molecule has 0 saturated carbocycles. The third kappa shape index (κ3) is 7.53. The molecular weight excluding hydrogens is 550 g/mol. The van der Waals surface area contributed by atoms with Gasteiger partial charge >= 0.3 is 5.97 Å². The Morgan fingerprint density at radius 1 is 1.11 bits per heavy atom. The highest BCUT2D eigenvalue weighted by atomic mass is 16.5. The van der Waals surface area contributed by atoms with Crippen molar-refractivity contribution in [3.05, 3.63) is 107 Å². The van der Waals surface area contributed by atoms with Gasteiger partial charge in [-0.15, -0.1) is 5.10 Å². The van der Waals surface area contributed by atoms with Crippen molar-refractivity contribution in [3.8, 4) is 5.75 Å². The van der Waals surface area contributed by atoms with Gasteiger partial charge in [-0.1, -0.05) is 60.7 Å². The summed E-state index contributed by atoms with van der Waals surface area (Å²) in [5.41, 5.74) is 5.71. The van der Waals surface area contributed by atoms with Gasteiger partial charge in [0, 0.05) is 38.6 Å². The monoisotopic (exact) mass is 595 g/mol. The highest BCUT2D eigenvalue weighted by Crippen LogP contribution is 2.41. The van der Waals surface area contributed by atoms with Crippen molar-refractivity contribution in [2.45, 2.75) is 92.1 Å². The minimum atomic E-state index is -0.769. The third-order valence-corrected chi connectivity index (χ3v) is 8.81. The molecule has 4 aromatic rings. The standard InChI is InChI=1S/C36H45N5O3/c1-6-31-23-40(24-33-34(44-31)14-11-19-37-33)21-29-20-28(16-15-26(29)3)32(18-17-30-22-41(7-2)39-38-30)36(4,5)35(42)43-25-27-12-9-8-10-13-27/h8-16,19-20,22,31-32H,6-7,17-18,21,23-25H2,1-5H3/t31-,32?/m1/s1. The number of pyridine rings is 1. The molecule has 0 spiro atoms. The third-order valence-electron chi connectivity index (χ3n) is 8.81. The maximum absolute atomic E-state index is 13.7. The molecule has 232 valence electrons. The van der Waals surface area contributed by atoms with Gasteiger partial charge in [0.1, 0.15) is 18.5 Å². The van der Waals surface area contributed by atoms with Crippen LogP contribution < -0.4 is 4.74 Å². The van der Waals surface area contributed by atoms with Gasteiger partial charge in [-0.25, -0.2) is 0 Å². The second-order valence-corrected chi connectivity index (χ2v) is 12.4. The molecule has 0 N–H and O–H groups in total. The summed E-state index contributed by atoms with van der Waals surface area (Å²) >= 11 is 0. The van der Waals surface area contributed by atoms with E-state index in [2.05, 4.69) is 59.2 Å². The minimum absolute atomic E-state index is 0.0878. The van der Waals surface area contributed by atoms with Crippen molar-refractivity contribution in [1.29, 1.82) is 0 Å². The van der Waals surface area contributed by atoms with E-state index < -0.39 is 5.41 Å². The van der Waals surface area contributed by atoms with Crippen LogP contribution in [0.15, 0.2) is 73.1 Å². The summed E-state index contributed by atoms with van der Waals surface area (Å²) in [7, 11) is 0. The van der Waals surface area contributed by atoms with Crippen LogP contribution in [0, 0.1) is 12.3 Å². The van der Waals surface area contributed by atoms with E-state index in [1.54, 1.807) is 0 Å². The number of aryl methyl sites for hydroxylation is 3. The first kappa shape index (κ1) is 31.4. The maximum atomic E-state index is 13.7. The van der Waals surface area contributed by atoms with Gasteiger partial charge in [0.05, 0.1) is 16.8 Å². The minimum Gasteiger partial charge on any atom is -0.487 e. The first-order valence-corrected chi connectivity index (χ1v) is 15.8.